The van der Waals surface area contributed by atoms with Crippen LogP contribution in [0.3, 0.4) is 0 Å². The highest BCUT2D eigenvalue weighted by Crippen LogP contribution is 2.84. The van der Waals surface area contributed by atoms with Crippen LogP contribution in [-0.4, -0.2) is 39.7 Å². The van der Waals surface area contributed by atoms with E-state index in [1.165, 1.54) is 6.08 Å². The van der Waals surface area contributed by atoms with Crippen molar-refractivity contribution in [2.75, 3.05) is 6.61 Å². The van der Waals surface area contributed by atoms with Crippen molar-refractivity contribution in [2.24, 2.45) is 33.5 Å². The fourth-order valence-corrected chi connectivity index (χ4v) is 9.17. The average molecular weight is 417 g/mol. The molecule has 0 aromatic carbocycles. The maximum atomic E-state index is 17.9. The summed E-state index contributed by atoms with van der Waals surface area (Å²) in [6.07, 6.45) is 8.66. The molecule has 30 heavy (non-hydrogen) atoms. The Morgan fingerprint density at radius 3 is 2.47 bits per heavy atom. The molecule has 0 heterocycles. The maximum Gasteiger partial charge on any atom is 0.190 e. The molecule has 5 aliphatic carbocycles. The van der Waals surface area contributed by atoms with Crippen LogP contribution in [0.1, 0.15) is 66.2 Å². The van der Waals surface area contributed by atoms with Gasteiger partial charge in [0.1, 0.15) is 17.9 Å². The number of carbonyl (C=O) groups excluding carboxylic acids is 2. The molecule has 1 spiro atoms. The largest absolute Gasteiger partial charge is 0.388 e. The number of hydrogen-bond donors (Lipinski definition) is 2. The van der Waals surface area contributed by atoms with E-state index < -0.39 is 45.3 Å². The van der Waals surface area contributed by atoms with Crippen LogP contribution in [0.15, 0.2) is 23.8 Å². The maximum absolute atomic E-state index is 17.9. The summed E-state index contributed by atoms with van der Waals surface area (Å²) in [7, 11) is 0. The van der Waals surface area contributed by atoms with Crippen molar-refractivity contribution in [3.05, 3.63) is 23.8 Å². The van der Waals surface area contributed by atoms with E-state index in [2.05, 4.69) is 0 Å². The van der Waals surface area contributed by atoms with E-state index in [0.717, 1.165) is 18.4 Å². The van der Waals surface area contributed by atoms with Crippen molar-refractivity contribution in [3.63, 3.8) is 0 Å². The summed E-state index contributed by atoms with van der Waals surface area (Å²) in [6.45, 7) is 7.13. The van der Waals surface area contributed by atoms with Gasteiger partial charge in [0.05, 0.1) is 0 Å². The monoisotopic (exact) mass is 416 g/mol. The zero-order chi connectivity index (χ0) is 22.0. The zero-order valence-corrected chi connectivity index (χ0v) is 18.4. The summed E-state index contributed by atoms with van der Waals surface area (Å²) in [5, 5.41) is 21.4. The normalized spacial score (nSPS) is 53.0. The van der Waals surface area contributed by atoms with E-state index in [0.29, 0.717) is 25.7 Å². The summed E-state index contributed by atoms with van der Waals surface area (Å²) in [6, 6.07) is 0. The third kappa shape index (κ3) is 1.84. The topological polar surface area (TPSA) is 74.6 Å². The van der Waals surface area contributed by atoms with E-state index >= 15 is 4.39 Å². The van der Waals surface area contributed by atoms with Crippen LogP contribution in [0.5, 0.6) is 0 Å². The molecule has 0 radical (unpaired) electrons. The standard InChI is InChI=1S/C25H33FO4/c1-15-11-18-21(3)7-5-16-12-17(28)6-8-20(16,2)25(21,26)23(9-10-23)14-22(18,4)24(15,30)19(29)13-27/h6,8,12,15,18,27,30H,5,7,9-11,13-14H2,1-4H3/t15-,18+,20?,21?,22?,24+,25+/m1/s1. The molecule has 3 unspecified atom stereocenters. The molecule has 0 bridgehead atoms. The van der Waals surface area contributed by atoms with Crippen molar-refractivity contribution >= 4 is 11.6 Å². The van der Waals surface area contributed by atoms with E-state index in [4.69, 9.17) is 0 Å². The second-order valence-electron chi connectivity index (χ2n) is 11.6. The number of halogens is 1. The van der Waals surface area contributed by atoms with Gasteiger partial charge in [-0.2, -0.15) is 0 Å². The molecule has 0 saturated heterocycles. The highest BCUT2D eigenvalue weighted by atomic mass is 19.1. The lowest BCUT2D eigenvalue weighted by molar-refractivity contribution is -0.247. The SMILES string of the molecule is C[C@@H]1C[C@H]2C3(C)CCC4=CC(=O)C=CC4(C)[C@@]3(F)C3(CC3)CC2(C)[C@@]1(O)C(=O)CO. The smallest absolute Gasteiger partial charge is 0.190 e. The summed E-state index contributed by atoms with van der Waals surface area (Å²) in [4.78, 5) is 24.9. The first-order valence-corrected chi connectivity index (χ1v) is 11.4. The van der Waals surface area contributed by atoms with Gasteiger partial charge < -0.3 is 10.2 Å². The first-order valence-electron chi connectivity index (χ1n) is 11.4. The Morgan fingerprint density at radius 1 is 1.20 bits per heavy atom. The predicted octanol–water partition coefficient (Wildman–Crippen LogP) is 3.71. The van der Waals surface area contributed by atoms with Gasteiger partial charge in [-0.15, -0.1) is 0 Å². The predicted molar refractivity (Wildman–Crippen MR) is 110 cm³/mol. The van der Waals surface area contributed by atoms with Crippen LogP contribution in [0.25, 0.3) is 0 Å². The second kappa shape index (κ2) is 5.53. The molecule has 4 saturated carbocycles. The van der Waals surface area contributed by atoms with Gasteiger partial charge in [-0.05, 0) is 69.4 Å². The Balaban J connectivity index is 1.73. The van der Waals surface area contributed by atoms with Gasteiger partial charge in [0.15, 0.2) is 11.6 Å². The minimum atomic E-state index is -1.64. The second-order valence-corrected chi connectivity index (χ2v) is 11.6. The van der Waals surface area contributed by atoms with Gasteiger partial charge in [0, 0.05) is 21.7 Å². The Hall–Kier alpha value is -1.33. The molecular weight excluding hydrogens is 383 g/mol. The molecule has 0 amide bonds. The van der Waals surface area contributed by atoms with Gasteiger partial charge in [-0.1, -0.05) is 32.4 Å². The average Bonchev–Trinajstić information content (AvgIpc) is 3.44. The highest BCUT2D eigenvalue weighted by molar-refractivity contribution is 6.01. The number of rotatable bonds is 2. The summed E-state index contributed by atoms with van der Waals surface area (Å²) < 4.78 is 17.9. The molecule has 0 aromatic rings. The Bertz CT molecular complexity index is 918. The first kappa shape index (κ1) is 20.6. The number of alkyl halides is 1. The van der Waals surface area contributed by atoms with Crippen molar-refractivity contribution in [1.29, 1.82) is 0 Å². The van der Waals surface area contributed by atoms with Crippen LogP contribution in [0, 0.1) is 33.5 Å². The summed E-state index contributed by atoms with van der Waals surface area (Å²) >= 11 is 0. The van der Waals surface area contributed by atoms with E-state index in [1.807, 2.05) is 27.7 Å². The molecule has 5 aliphatic rings. The Morgan fingerprint density at radius 2 is 1.87 bits per heavy atom. The fourth-order valence-electron chi connectivity index (χ4n) is 9.17. The third-order valence-electron chi connectivity index (χ3n) is 10.6. The molecule has 164 valence electrons. The molecule has 0 aromatic heterocycles. The lowest BCUT2D eigenvalue weighted by atomic mass is 9.36. The molecule has 2 N–H and O–H groups in total. The van der Waals surface area contributed by atoms with Crippen LogP contribution >= 0.6 is 0 Å². The molecule has 0 aliphatic heterocycles. The number of aliphatic hydroxyl groups is 2. The molecule has 4 fully saturated rings. The molecule has 5 heteroatoms. The summed E-state index contributed by atoms with van der Waals surface area (Å²) in [5.74, 6) is -1.12. The molecule has 7 atom stereocenters. The van der Waals surface area contributed by atoms with Crippen molar-refractivity contribution in [2.45, 2.75) is 77.5 Å². The number of ketones is 2. The number of fused-ring (bicyclic) bond motifs is 6. The number of hydrogen-bond acceptors (Lipinski definition) is 4. The van der Waals surface area contributed by atoms with Crippen molar-refractivity contribution in [3.8, 4) is 0 Å². The quantitative estimate of drug-likeness (QED) is 0.720. The molecule has 4 nitrogen and oxygen atoms in total. The molecular formula is C25H33FO4. The lowest BCUT2D eigenvalue weighted by Gasteiger charge is -2.69. The summed E-state index contributed by atoms with van der Waals surface area (Å²) in [5.41, 5.74) is -5.29. The highest BCUT2D eigenvalue weighted by Gasteiger charge is 2.85. The van der Waals surface area contributed by atoms with Gasteiger partial charge in [0.25, 0.3) is 0 Å². The Kier molecular flexibility index (Phi) is 3.79. The van der Waals surface area contributed by atoms with Crippen molar-refractivity contribution in [1.82, 2.24) is 0 Å². The minimum absolute atomic E-state index is 0.0717. The van der Waals surface area contributed by atoms with Crippen molar-refractivity contribution < 1.29 is 24.2 Å². The first-order chi connectivity index (χ1) is 13.9. The zero-order valence-electron chi connectivity index (χ0n) is 18.4. The van der Waals surface area contributed by atoms with Gasteiger partial charge in [-0.3, -0.25) is 9.59 Å². The third-order valence-corrected chi connectivity index (χ3v) is 10.6. The lowest BCUT2D eigenvalue weighted by Crippen LogP contribution is -2.72. The number of allylic oxidation sites excluding steroid dienone is 4. The van der Waals surface area contributed by atoms with Gasteiger partial charge in [-0.25, -0.2) is 4.39 Å². The van der Waals surface area contributed by atoms with Gasteiger partial charge >= 0.3 is 0 Å². The van der Waals surface area contributed by atoms with E-state index in [-0.39, 0.29) is 17.6 Å². The fraction of sp³-hybridized carbons (Fsp3) is 0.760. The van der Waals surface area contributed by atoms with E-state index in [9.17, 15) is 19.8 Å². The minimum Gasteiger partial charge on any atom is -0.388 e. The Labute approximate surface area is 177 Å². The van der Waals surface area contributed by atoms with Crippen LogP contribution in [0.2, 0.25) is 0 Å². The van der Waals surface area contributed by atoms with Gasteiger partial charge in [0.2, 0.25) is 0 Å². The van der Waals surface area contributed by atoms with Crippen LogP contribution < -0.4 is 0 Å². The van der Waals surface area contributed by atoms with E-state index in [1.54, 1.807) is 12.2 Å². The van der Waals surface area contributed by atoms with Crippen LogP contribution in [0.4, 0.5) is 4.39 Å². The number of aliphatic hydroxyl groups excluding tert-OH is 1. The number of carbonyl (C=O) groups is 2. The molecule has 5 rings (SSSR count). The van der Waals surface area contributed by atoms with Crippen LogP contribution in [-0.2, 0) is 9.59 Å². The number of Topliss-reactive ketones (excluding diaryl/α,β-unsaturated/α-hetero) is 1.